The van der Waals surface area contributed by atoms with Crippen molar-refractivity contribution in [2.24, 2.45) is 5.10 Å². The molecule has 0 fully saturated rings. The molecule has 0 aliphatic carbocycles. The summed E-state index contributed by atoms with van der Waals surface area (Å²) in [5.74, 6) is -0.502. The van der Waals surface area contributed by atoms with Crippen LogP contribution in [0.2, 0.25) is 0 Å². The summed E-state index contributed by atoms with van der Waals surface area (Å²) in [4.78, 5) is 24.4. The summed E-state index contributed by atoms with van der Waals surface area (Å²) in [7, 11) is 0. The lowest BCUT2D eigenvalue weighted by Crippen LogP contribution is -2.21. The number of nitrogens with zero attached hydrogens (tertiary/aromatic N) is 1. The van der Waals surface area contributed by atoms with Gasteiger partial charge in [-0.25, -0.2) is 5.43 Å². The molecular weight excluding hydrogens is 398 g/mol. The number of hydrogen-bond acceptors (Lipinski definition) is 3. The number of hydrogen-bond donors (Lipinski definition) is 2. The zero-order chi connectivity index (χ0) is 22.5. The van der Waals surface area contributed by atoms with Crippen LogP contribution in [0.4, 0.5) is 5.69 Å². The van der Waals surface area contributed by atoms with Crippen LogP contribution in [0.25, 0.3) is 21.5 Å². The zero-order valence-corrected chi connectivity index (χ0v) is 18.2. The number of carbonyl (C=O) groups excluding carboxylic acids is 2. The van der Waals surface area contributed by atoms with Crippen molar-refractivity contribution in [3.63, 3.8) is 0 Å². The minimum atomic E-state index is -0.304. The van der Waals surface area contributed by atoms with Crippen LogP contribution in [0.5, 0.6) is 0 Å². The molecule has 0 spiro atoms. The van der Waals surface area contributed by atoms with Crippen LogP contribution in [0.3, 0.4) is 0 Å². The van der Waals surface area contributed by atoms with Gasteiger partial charge in [0.15, 0.2) is 0 Å². The average molecular weight is 424 g/mol. The molecule has 4 rings (SSSR count). The Balaban J connectivity index is 1.40. The first kappa shape index (κ1) is 21.2. The molecule has 4 aromatic carbocycles. The molecule has 0 bridgehead atoms. The van der Waals surface area contributed by atoms with Crippen LogP contribution in [0.1, 0.15) is 29.5 Å². The molecule has 0 aliphatic heterocycles. The van der Waals surface area contributed by atoms with Gasteiger partial charge in [-0.2, -0.15) is 5.10 Å². The summed E-state index contributed by atoms with van der Waals surface area (Å²) < 4.78 is 0. The van der Waals surface area contributed by atoms with Crippen LogP contribution in [0.15, 0.2) is 77.9 Å². The summed E-state index contributed by atoms with van der Waals surface area (Å²) in [6.45, 7) is 3.95. The number of carbonyl (C=O) groups is 2. The van der Waals surface area contributed by atoms with E-state index in [4.69, 9.17) is 0 Å². The second kappa shape index (κ2) is 9.43. The van der Waals surface area contributed by atoms with Crippen molar-refractivity contribution < 1.29 is 9.59 Å². The average Bonchev–Trinajstić information content (AvgIpc) is 2.79. The van der Waals surface area contributed by atoms with Crippen molar-refractivity contribution >= 4 is 45.3 Å². The number of benzene rings is 4. The van der Waals surface area contributed by atoms with Gasteiger partial charge in [0, 0.05) is 24.1 Å². The Morgan fingerprint density at radius 1 is 0.812 bits per heavy atom. The van der Waals surface area contributed by atoms with E-state index in [2.05, 4.69) is 34.0 Å². The first-order valence-corrected chi connectivity index (χ1v) is 10.6. The van der Waals surface area contributed by atoms with Crippen molar-refractivity contribution in [2.75, 3.05) is 5.32 Å². The van der Waals surface area contributed by atoms with Gasteiger partial charge < -0.3 is 5.32 Å². The first-order valence-electron chi connectivity index (χ1n) is 10.6. The zero-order valence-electron chi connectivity index (χ0n) is 18.2. The van der Waals surface area contributed by atoms with Gasteiger partial charge in [-0.05, 0) is 53.1 Å². The highest BCUT2D eigenvalue weighted by atomic mass is 16.2. The molecule has 0 saturated heterocycles. The lowest BCUT2D eigenvalue weighted by molar-refractivity contribution is -0.124. The predicted octanol–water partition coefficient (Wildman–Crippen LogP) is 5.48. The van der Waals surface area contributed by atoms with E-state index >= 15 is 0 Å². The van der Waals surface area contributed by atoms with E-state index in [0.717, 1.165) is 43.9 Å². The standard InChI is InChI=1S/C27H25N3O2/c1-18-11-12-25(19(2)15-18)29-26(31)13-14-27(32)30-28-17-24-22-9-5-3-7-20(22)16-21-8-4-6-10-23(21)24/h3-12,15-17H,13-14H2,1-2H3,(H,29,31)(H,30,32)/b28-17+. The van der Waals surface area contributed by atoms with E-state index in [-0.39, 0.29) is 24.7 Å². The van der Waals surface area contributed by atoms with Crippen molar-refractivity contribution in [3.8, 4) is 0 Å². The summed E-state index contributed by atoms with van der Waals surface area (Å²) >= 11 is 0. The lowest BCUT2D eigenvalue weighted by atomic mass is 9.97. The van der Waals surface area contributed by atoms with Gasteiger partial charge in [-0.1, -0.05) is 66.2 Å². The Morgan fingerprint density at radius 3 is 2.09 bits per heavy atom. The molecule has 0 heterocycles. The Kier molecular flexibility index (Phi) is 6.26. The Bertz CT molecular complexity index is 1290. The molecule has 160 valence electrons. The molecule has 0 aliphatic rings. The quantitative estimate of drug-likeness (QED) is 0.245. The fourth-order valence-electron chi connectivity index (χ4n) is 3.81. The molecular formula is C27H25N3O2. The monoisotopic (exact) mass is 423 g/mol. The van der Waals surface area contributed by atoms with Gasteiger partial charge in [0.2, 0.25) is 11.8 Å². The van der Waals surface area contributed by atoms with E-state index < -0.39 is 0 Å². The van der Waals surface area contributed by atoms with Crippen LogP contribution >= 0.6 is 0 Å². The summed E-state index contributed by atoms with van der Waals surface area (Å²) in [6, 6.07) is 24.2. The van der Waals surface area contributed by atoms with Crippen molar-refractivity contribution in [1.29, 1.82) is 0 Å². The van der Waals surface area contributed by atoms with E-state index in [1.165, 1.54) is 0 Å². The summed E-state index contributed by atoms with van der Waals surface area (Å²) in [5, 5.41) is 11.4. The molecule has 32 heavy (non-hydrogen) atoms. The minimum Gasteiger partial charge on any atom is -0.326 e. The third kappa shape index (κ3) is 4.83. The second-order valence-corrected chi connectivity index (χ2v) is 7.89. The lowest BCUT2D eigenvalue weighted by Gasteiger charge is -2.09. The molecule has 0 atom stereocenters. The summed E-state index contributed by atoms with van der Waals surface area (Å²) in [5.41, 5.74) is 6.40. The third-order valence-electron chi connectivity index (χ3n) is 5.43. The second-order valence-electron chi connectivity index (χ2n) is 7.89. The first-order chi connectivity index (χ1) is 15.5. The fourth-order valence-corrected chi connectivity index (χ4v) is 3.81. The number of hydrazone groups is 1. The van der Waals surface area contributed by atoms with Gasteiger partial charge in [0.25, 0.3) is 0 Å². The molecule has 0 aromatic heterocycles. The van der Waals surface area contributed by atoms with Crippen molar-refractivity contribution in [3.05, 3.63) is 89.5 Å². The number of rotatable bonds is 6. The molecule has 5 heteroatoms. The topological polar surface area (TPSA) is 70.6 Å². The molecule has 0 saturated carbocycles. The maximum Gasteiger partial charge on any atom is 0.240 e. The van der Waals surface area contributed by atoms with Crippen LogP contribution in [0, 0.1) is 13.8 Å². The van der Waals surface area contributed by atoms with Crippen molar-refractivity contribution in [2.45, 2.75) is 26.7 Å². The van der Waals surface area contributed by atoms with Crippen molar-refractivity contribution in [1.82, 2.24) is 5.43 Å². The summed E-state index contributed by atoms with van der Waals surface area (Å²) in [6.07, 6.45) is 1.83. The minimum absolute atomic E-state index is 0.0599. The smallest absolute Gasteiger partial charge is 0.240 e. The highest BCUT2D eigenvalue weighted by molar-refractivity contribution is 6.13. The Hall–Kier alpha value is -3.99. The predicted molar refractivity (Wildman–Crippen MR) is 131 cm³/mol. The molecule has 4 aromatic rings. The Morgan fingerprint density at radius 2 is 1.44 bits per heavy atom. The number of aryl methyl sites for hydroxylation is 2. The largest absolute Gasteiger partial charge is 0.326 e. The van der Waals surface area contributed by atoms with E-state index in [1.807, 2.05) is 68.4 Å². The molecule has 0 unspecified atom stereocenters. The highest BCUT2D eigenvalue weighted by Gasteiger charge is 2.09. The number of amides is 2. The maximum atomic E-state index is 12.2. The van der Waals surface area contributed by atoms with E-state index in [0.29, 0.717) is 0 Å². The van der Waals surface area contributed by atoms with Crippen LogP contribution < -0.4 is 10.7 Å². The van der Waals surface area contributed by atoms with Gasteiger partial charge in [-0.3, -0.25) is 9.59 Å². The van der Waals surface area contributed by atoms with Crippen LogP contribution in [-0.2, 0) is 9.59 Å². The van der Waals surface area contributed by atoms with Gasteiger partial charge >= 0.3 is 0 Å². The number of nitrogens with one attached hydrogen (secondary N) is 2. The molecule has 5 nitrogen and oxygen atoms in total. The SMILES string of the molecule is Cc1ccc(NC(=O)CCC(=O)N/N=C/c2c3ccccc3cc3ccccc23)c(C)c1. The van der Waals surface area contributed by atoms with Crippen LogP contribution in [-0.4, -0.2) is 18.0 Å². The molecule has 2 N–H and O–H groups in total. The third-order valence-corrected chi connectivity index (χ3v) is 5.43. The fraction of sp³-hybridized carbons (Fsp3) is 0.148. The Labute approximate surface area is 187 Å². The molecule has 0 radical (unpaired) electrons. The number of anilines is 1. The number of fused-ring (bicyclic) bond motifs is 2. The van der Waals surface area contributed by atoms with E-state index in [9.17, 15) is 9.59 Å². The normalized spacial score (nSPS) is 11.2. The van der Waals surface area contributed by atoms with Gasteiger partial charge in [0.05, 0.1) is 6.21 Å². The highest BCUT2D eigenvalue weighted by Crippen LogP contribution is 2.27. The van der Waals surface area contributed by atoms with E-state index in [1.54, 1.807) is 6.21 Å². The molecule has 2 amide bonds. The van der Waals surface area contributed by atoms with Gasteiger partial charge in [-0.15, -0.1) is 0 Å². The van der Waals surface area contributed by atoms with Gasteiger partial charge in [0.1, 0.15) is 0 Å². The maximum absolute atomic E-state index is 12.2.